The molecule has 1 aliphatic rings. The van der Waals surface area contributed by atoms with E-state index in [2.05, 4.69) is 33.4 Å². The summed E-state index contributed by atoms with van der Waals surface area (Å²) in [6.07, 6.45) is 1.61. The van der Waals surface area contributed by atoms with Crippen LogP contribution in [0.25, 0.3) is 0 Å². The molecule has 0 saturated heterocycles. The smallest absolute Gasteiger partial charge is 0.228 e. The highest BCUT2D eigenvalue weighted by Gasteiger charge is 2.27. The zero-order valence-corrected chi connectivity index (χ0v) is 13.0. The minimum absolute atomic E-state index is 0.00924. The molecular weight excluding hydrogens is 338 g/mol. The van der Waals surface area contributed by atoms with Crippen molar-refractivity contribution >= 4 is 39.1 Å². The van der Waals surface area contributed by atoms with Gasteiger partial charge in [-0.25, -0.2) is 0 Å². The first-order chi connectivity index (χ1) is 9.61. The molecule has 0 aliphatic heterocycles. The average Bonchev–Trinajstić information content (AvgIpc) is 2.84. The molecule has 0 spiro atoms. The van der Waals surface area contributed by atoms with Gasteiger partial charge in [0.2, 0.25) is 5.91 Å². The van der Waals surface area contributed by atoms with Crippen LogP contribution in [0.15, 0.2) is 46.9 Å². The normalized spacial score (nSPS) is 16.8. The second-order valence-electron chi connectivity index (χ2n) is 5.01. The molecule has 2 nitrogen and oxygen atoms in total. The molecule has 2 aromatic carbocycles. The molecule has 2 aromatic rings. The Bertz CT molecular complexity index is 654. The van der Waals surface area contributed by atoms with Crippen molar-refractivity contribution in [3.05, 3.63) is 63.1 Å². The highest BCUT2D eigenvalue weighted by Crippen LogP contribution is 2.30. The molecule has 0 heterocycles. The fourth-order valence-corrected chi connectivity index (χ4v) is 3.08. The van der Waals surface area contributed by atoms with E-state index in [4.69, 9.17) is 11.6 Å². The SMILES string of the molecule is O=C(Nc1ccc(Cl)cc1)C1Cc2ccc(Br)cc2C1. The van der Waals surface area contributed by atoms with Crippen LogP contribution < -0.4 is 5.32 Å². The standard InChI is InChI=1S/C16H13BrClNO/c17-13-2-1-10-7-12(8-11(10)9-13)16(20)19-15-5-3-14(18)4-6-15/h1-6,9,12H,7-8H2,(H,19,20). The number of benzene rings is 2. The van der Waals surface area contributed by atoms with Gasteiger partial charge < -0.3 is 5.32 Å². The Morgan fingerprint density at radius 3 is 2.55 bits per heavy atom. The summed E-state index contributed by atoms with van der Waals surface area (Å²) in [6.45, 7) is 0. The number of hydrogen-bond donors (Lipinski definition) is 1. The lowest BCUT2D eigenvalue weighted by atomic mass is 10.1. The molecule has 4 heteroatoms. The lowest BCUT2D eigenvalue weighted by molar-refractivity contribution is -0.119. The molecule has 3 rings (SSSR count). The maximum atomic E-state index is 12.3. The summed E-state index contributed by atoms with van der Waals surface area (Å²) in [6, 6.07) is 13.4. The third-order valence-corrected chi connectivity index (χ3v) is 4.33. The maximum Gasteiger partial charge on any atom is 0.228 e. The first-order valence-electron chi connectivity index (χ1n) is 6.45. The molecule has 20 heavy (non-hydrogen) atoms. The summed E-state index contributed by atoms with van der Waals surface area (Å²) in [5.41, 5.74) is 3.32. The largest absolute Gasteiger partial charge is 0.326 e. The molecule has 1 N–H and O–H groups in total. The molecule has 0 aromatic heterocycles. The van der Waals surface area contributed by atoms with Gasteiger partial charge in [0.05, 0.1) is 0 Å². The number of halogens is 2. The molecule has 0 fully saturated rings. The number of carbonyl (C=O) groups excluding carboxylic acids is 1. The second-order valence-corrected chi connectivity index (χ2v) is 6.37. The van der Waals surface area contributed by atoms with E-state index >= 15 is 0 Å². The lowest BCUT2D eigenvalue weighted by Gasteiger charge is -2.10. The van der Waals surface area contributed by atoms with Crippen molar-refractivity contribution in [1.82, 2.24) is 0 Å². The number of carbonyl (C=O) groups is 1. The summed E-state index contributed by atoms with van der Waals surface area (Å²) in [5.74, 6) is 0.0784. The summed E-state index contributed by atoms with van der Waals surface area (Å²) < 4.78 is 1.06. The number of fused-ring (bicyclic) bond motifs is 1. The first-order valence-corrected chi connectivity index (χ1v) is 7.62. The van der Waals surface area contributed by atoms with Gasteiger partial charge in [0.1, 0.15) is 0 Å². The number of nitrogens with one attached hydrogen (secondary N) is 1. The Hall–Kier alpha value is -1.32. The van der Waals surface area contributed by atoms with Crippen molar-refractivity contribution in [2.24, 2.45) is 5.92 Å². The number of rotatable bonds is 2. The van der Waals surface area contributed by atoms with Crippen LogP contribution in [0.1, 0.15) is 11.1 Å². The molecule has 0 radical (unpaired) electrons. The van der Waals surface area contributed by atoms with Crippen LogP contribution in [0, 0.1) is 5.92 Å². The van der Waals surface area contributed by atoms with Crippen molar-refractivity contribution in [3.63, 3.8) is 0 Å². The Kier molecular flexibility index (Phi) is 3.81. The van der Waals surface area contributed by atoms with Crippen molar-refractivity contribution in [2.75, 3.05) is 5.32 Å². The van der Waals surface area contributed by atoms with Crippen LogP contribution in [-0.4, -0.2) is 5.91 Å². The fraction of sp³-hybridized carbons (Fsp3) is 0.188. The molecular formula is C16H13BrClNO. The molecule has 1 atom stereocenters. The van der Waals surface area contributed by atoms with Crippen LogP contribution in [0.4, 0.5) is 5.69 Å². The van der Waals surface area contributed by atoms with Crippen molar-refractivity contribution in [2.45, 2.75) is 12.8 Å². The minimum Gasteiger partial charge on any atom is -0.326 e. The maximum absolute atomic E-state index is 12.3. The predicted molar refractivity (Wildman–Crippen MR) is 85.1 cm³/mol. The molecule has 1 aliphatic carbocycles. The van der Waals surface area contributed by atoms with Crippen molar-refractivity contribution in [1.29, 1.82) is 0 Å². The van der Waals surface area contributed by atoms with E-state index in [1.807, 2.05) is 18.2 Å². The van der Waals surface area contributed by atoms with E-state index in [9.17, 15) is 4.79 Å². The summed E-state index contributed by atoms with van der Waals surface area (Å²) in [7, 11) is 0. The molecule has 102 valence electrons. The molecule has 1 unspecified atom stereocenters. The Labute approximate surface area is 131 Å². The van der Waals surface area contributed by atoms with Crippen LogP contribution >= 0.6 is 27.5 Å². The van der Waals surface area contributed by atoms with Crippen LogP contribution in [-0.2, 0) is 17.6 Å². The van der Waals surface area contributed by atoms with E-state index in [-0.39, 0.29) is 11.8 Å². The van der Waals surface area contributed by atoms with Gasteiger partial charge in [-0.1, -0.05) is 33.6 Å². The van der Waals surface area contributed by atoms with E-state index in [1.165, 1.54) is 11.1 Å². The molecule has 0 saturated carbocycles. The highest BCUT2D eigenvalue weighted by atomic mass is 79.9. The number of hydrogen-bond acceptors (Lipinski definition) is 1. The summed E-state index contributed by atoms with van der Waals surface area (Å²) in [4.78, 5) is 12.3. The highest BCUT2D eigenvalue weighted by molar-refractivity contribution is 9.10. The summed E-state index contributed by atoms with van der Waals surface area (Å²) in [5, 5.41) is 3.62. The minimum atomic E-state index is 0.00924. The third-order valence-electron chi connectivity index (χ3n) is 3.58. The van der Waals surface area contributed by atoms with Gasteiger partial charge in [-0.05, 0) is 60.4 Å². The van der Waals surface area contributed by atoms with Crippen molar-refractivity contribution < 1.29 is 4.79 Å². The van der Waals surface area contributed by atoms with Gasteiger partial charge in [-0.3, -0.25) is 4.79 Å². The number of amides is 1. The third kappa shape index (κ3) is 2.89. The van der Waals surface area contributed by atoms with E-state index in [0.717, 1.165) is 23.0 Å². The van der Waals surface area contributed by atoms with Gasteiger partial charge in [0.25, 0.3) is 0 Å². The second kappa shape index (κ2) is 5.58. The van der Waals surface area contributed by atoms with Crippen LogP contribution in [0.2, 0.25) is 5.02 Å². The monoisotopic (exact) mass is 349 g/mol. The Morgan fingerprint density at radius 1 is 1.10 bits per heavy atom. The van der Waals surface area contributed by atoms with Crippen molar-refractivity contribution in [3.8, 4) is 0 Å². The van der Waals surface area contributed by atoms with Gasteiger partial charge >= 0.3 is 0 Å². The van der Waals surface area contributed by atoms with Gasteiger partial charge in [0.15, 0.2) is 0 Å². The predicted octanol–water partition coefficient (Wildman–Crippen LogP) is 4.46. The van der Waals surface area contributed by atoms with Crippen LogP contribution in [0.5, 0.6) is 0 Å². The zero-order chi connectivity index (χ0) is 14.1. The molecule has 1 amide bonds. The van der Waals surface area contributed by atoms with E-state index in [1.54, 1.807) is 12.1 Å². The van der Waals surface area contributed by atoms with E-state index < -0.39 is 0 Å². The quantitative estimate of drug-likeness (QED) is 0.851. The Balaban J connectivity index is 1.69. The van der Waals surface area contributed by atoms with Gasteiger partial charge in [-0.2, -0.15) is 0 Å². The molecule has 0 bridgehead atoms. The topological polar surface area (TPSA) is 29.1 Å². The first kappa shape index (κ1) is 13.7. The summed E-state index contributed by atoms with van der Waals surface area (Å²) >= 11 is 9.30. The lowest BCUT2D eigenvalue weighted by Crippen LogP contribution is -2.23. The van der Waals surface area contributed by atoms with Gasteiger partial charge in [-0.15, -0.1) is 0 Å². The zero-order valence-electron chi connectivity index (χ0n) is 10.7. The number of anilines is 1. The van der Waals surface area contributed by atoms with E-state index in [0.29, 0.717) is 5.02 Å². The fourth-order valence-electron chi connectivity index (χ4n) is 2.55. The van der Waals surface area contributed by atoms with Gasteiger partial charge in [0, 0.05) is 21.1 Å². The van der Waals surface area contributed by atoms with Crippen LogP contribution in [0.3, 0.4) is 0 Å². The Morgan fingerprint density at radius 2 is 1.80 bits per heavy atom. The average molecular weight is 351 g/mol.